The number of ether oxygens (including phenoxy) is 1. The van der Waals surface area contributed by atoms with Gasteiger partial charge in [0.15, 0.2) is 0 Å². The zero-order valence-corrected chi connectivity index (χ0v) is 34.2. The Morgan fingerprint density at radius 3 is 2.32 bits per heavy atom. The molecule has 60 heavy (non-hydrogen) atoms. The number of pyridine rings is 1. The van der Waals surface area contributed by atoms with Gasteiger partial charge in [0.05, 0.1) is 31.2 Å². The van der Waals surface area contributed by atoms with Gasteiger partial charge in [-0.15, -0.1) is 0 Å². The third-order valence-corrected chi connectivity index (χ3v) is 12.8. The van der Waals surface area contributed by atoms with Gasteiger partial charge in [-0.3, -0.25) is 39.1 Å². The number of amides is 5. The molecular formula is C44H50FN9O6. The number of piperidine rings is 2. The number of halogens is 1. The molecular weight excluding hydrogens is 770 g/mol. The van der Waals surface area contributed by atoms with Crippen LogP contribution in [0.3, 0.4) is 0 Å². The standard InChI is InChI=1S/C44H50FN9O6/c1-27-25-53(28(2)24-52(27)32-21-35(45)41(46-3)37(22-32)60-4)40(56)19-30-5-9-38(47-23-30)51-13-11-29(12-14-51)26-49-15-17-50(18-16-49)31-6-7-33-34(20-31)44(59)54(43(33)58)36-8-10-39(55)48-42(36)57/h5-7,9,20-23,27-29,36H,8,10-19,24-26H2,1-2,4H3,(H,48,55,57)/t27-,28+,36?/m0/s1. The average molecular weight is 820 g/mol. The maximum Gasteiger partial charge on any atom is 0.262 e. The summed E-state index contributed by atoms with van der Waals surface area (Å²) >= 11 is 0. The Balaban J connectivity index is 0.781. The van der Waals surface area contributed by atoms with E-state index in [1.165, 1.54) is 13.2 Å². The van der Waals surface area contributed by atoms with Gasteiger partial charge in [0.25, 0.3) is 17.5 Å². The number of fused-ring (bicyclic) bond motifs is 1. The van der Waals surface area contributed by atoms with Crippen molar-refractivity contribution < 1.29 is 33.1 Å². The molecule has 1 unspecified atom stereocenters. The van der Waals surface area contributed by atoms with E-state index in [2.05, 4.69) is 29.8 Å². The second kappa shape index (κ2) is 16.9. The molecule has 5 aliphatic heterocycles. The van der Waals surface area contributed by atoms with Gasteiger partial charge in [0.2, 0.25) is 17.7 Å². The highest BCUT2D eigenvalue weighted by molar-refractivity contribution is 6.23. The van der Waals surface area contributed by atoms with Crippen LogP contribution < -0.4 is 24.8 Å². The van der Waals surface area contributed by atoms with Crippen LogP contribution in [0.5, 0.6) is 5.75 Å². The van der Waals surface area contributed by atoms with Gasteiger partial charge in [-0.1, -0.05) is 6.07 Å². The number of methoxy groups -OCH3 is 1. The van der Waals surface area contributed by atoms with Crippen LogP contribution in [0.2, 0.25) is 0 Å². The molecule has 3 aromatic rings. The van der Waals surface area contributed by atoms with Gasteiger partial charge in [0, 0.05) is 95.0 Å². The fourth-order valence-corrected chi connectivity index (χ4v) is 9.36. The number of carbonyl (C=O) groups is 5. The van der Waals surface area contributed by atoms with E-state index >= 15 is 0 Å². The van der Waals surface area contributed by atoms with Crippen molar-refractivity contribution >= 4 is 52.4 Å². The van der Waals surface area contributed by atoms with Crippen molar-refractivity contribution in [3.05, 3.63) is 82.6 Å². The van der Waals surface area contributed by atoms with Crippen molar-refractivity contribution in [2.45, 2.75) is 64.1 Å². The second-order valence-electron chi connectivity index (χ2n) is 16.6. The number of imide groups is 2. The second-order valence-corrected chi connectivity index (χ2v) is 16.6. The van der Waals surface area contributed by atoms with Crippen molar-refractivity contribution in [2.24, 2.45) is 5.92 Å². The first-order valence-electron chi connectivity index (χ1n) is 20.8. The smallest absolute Gasteiger partial charge is 0.262 e. The minimum Gasteiger partial charge on any atom is -0.508 e. The summed E-state index contributed by atoms with van der Waals surface area (Å²) in [5, 5.41) is 2.24. The summed E-state index contributed by atoms with van der Waals surface area (Å²) < 4.78 is 20.0. The van der Waals surface area contributed by atoms with Gasteiger partial charge in [-0.2, -0.15) is 0 Å². The Labute approximate surface area is 348 Å². The molecule has 0 aliphatic carbocycles. The number of hydrogen-bond donors (Lipinski definition) is 1. The Hall–Kier alpha value is -6.08. The van der Waals surface area contributed by atoms with E-state index in [1.54, 1.807) is 24.4 Å². The van der Waals surface area contributed by atoms with Gasteiger partial charge < -0.3 is 24.3 Å². The predicted octanol–water partition coefficient (Wildman–Crippen LogP) is 3.89. The number of nitrogens with zero attached hydrogens (tertiary/aromatic N) is 8. The quantitative estimate of drug-likeness (QED) is 0.248. The van der Waals surface area contributed by atoms with Gasteiger partial charge in [-0.25, -0.2) is 14.2 Å². The van der Waals surface area contributed by atoms with Crippen LogP contribution in [0, 0.1) is 18.3 Å². The lowest BCUT2D eigenvalue weighted by Gasteiger charge is -2.45. The predicted molar refractivity (Wildman–Crippen MR) is 222 cm³/mol. The fraction of sp³-hybridized carbons (Fsp3) is 0.477. The zero-order chi connectivity index (χ0) is 42.2. The van der Waals surface area contributed by atoms with Gasteiger partial charge in [-0.05, 0) is 81.0 Å². The number of anilines is 3. The van der Waals surface area contributed by atoms with Crippen molar-refractivity contribution in [3.8, 4) is 5.75 Å². The van der Waals surface area contributed by atoms with E-state index in [1.807, 2.05) is 36.9 Å². The summed E-state index contributed by atoms with van der Waals surface area (Å²) in [5.41, 5.74) is 2.81. The molecule has 2 aromatic carbocycles. The minimum absolute atomic E-state index is 0.0227. The molecule has 0 radical (unpaired) electrons. The van der Waals surface area contributed by atoms with Crippen LogP contribution >= 0.6 is 0 Å². The van der Waals surface area contributed by atoms with E-state index in [-0.39, 0.29) is 54.3 Å². The Morgan fingerprint density at radius 1 is 0.883 bits per heavy atom. The van der Waals surface area contributed by atoms with E-state index in [9.17, 15) is 28.4 Å². The Morgan fingerprint density at radius 2 is 1.63 bits per heavy atom. The number of aromatic nitrogens is 1. The molecule has 4 fully saturated rings. The molecule has 0 bridgehead atoms. The van der Waals surface area contributed by atoms with Crippen molar-refractivity contribution in [3.63, 3.8) is 0 Å². The SMILES string of the molecule is [C-]#[N+]c1c(F)cc(N2C[C@@H](C)N(C(=O)Cc3ccc(N4CCC(CN5CCN(c6ccc7c(c6)C(=O)N(C6CCC(=O)NC6=O)C7=O)CC5)CC4)nc3)C[C@@H]2C)cc1OC. The Kier molecular flexibility index (Phi) is 11.4. The lowest BCUT2D eigenvalue weighted by atomic mass is 9.95. The third-order valence-electron chi connectivity index (χ3n) is 12.8. The molecule has 15 nitrogen and oxygen atoms in total. The lowest BCUT2D eigenvalue weighted by Crippen LogP contribution is -2.58. The van der Waals surface area contributed by atoms with Crippen LogP contribution in [0.25, 0.3) is 4.85 Å². The third kappa shape index (κ3) is 7.98. The highest BCUT2D eigenvalue weighted by Crippen LogP contribution is 2.37. The molecule has 8 rings (SSSR count). The molecule has 3 atom stereocenters. The van der Waals surface area contributed by atoms with Crippen LogP contribution in [0.15, 0.2) is 48.7 Å². The number of piperazine rings is 2. The fourth-order valence-electron chi connectivity index (χ4n) is 9.36. The Bertz CT molecular complexity index is 2230. The van der Waals surface area contributed by atoms with E-state index < -0.39 is 35.5 Å². The normalized spacial score (nSPS) is 22.9. The molecule has 5 amide bonds. The molecule has 314 valence electrons. The van der Waals surface area contributed by atoms with E-state index in [0.717, 1.165) is 80.6 Å². The van der Waals surface area contributed by atoms with Crippen LogP contribution in [-0.4, -0.2) is 133 Å². The molecule has 1 N–H and O–H groups in total. The maximum absolute atomic E-state index is 14.7. The molecule has 0 spiro atoms. The molecule has 0 saturated carbocycles. The molecule has 6 heterocycles. The molecule has 1 aromatic heterocycles. The number of benzene rings is 2. The van der Waals surface area contributed by atoms with E-state index in [4.69, 9.17) is 16.3 Å². The summed E-state index contributed by atoms with van der Waals surface area (Å²) in [7, 11) is 1.42. The topological polar surface area (TPSA) is 143 Å². The number of nitrogens with one attached hydrogen (secondary N) is 1. The van der Waals surface area contributed by atoms with Crippen LogP contribution in [0.1, 0.15) is 65.8 Å². The summed E-state index contributed by atoms with van der Waals surface area (Å²) in [6.07, 6.45) is 4.37. The maximum atomic E-state index is 14.7. The monoisotopic (exact) mass is 819 g/mol. The summed E-state index contributed by atoms with van der Waals surface area (Å²) in [6.45, 7) is 18.5. The average Bonchev–Trinajstić information content (AvgIpc) is 3.49. The first-order chi connectivity index (χ1) is 28.9. The summed E-state index contributed by atoms with van der Waals surface area (Å²) in [5.74, 6) is -0.918. The first kappa shape index (κ1) is 40.7. The molecule has 4 saturated heterocycles. The number of hydrogen-bond acceptors (Lipinski definition) is 11. The highest BCUT2D eigenvalue weighted by Gasteiger charge is 2.45. The molecule has 16 heteroatoms. The minimum atomic E-state index is -0.979. The summed E-state index contributed by atoms with van der Waals surface area (Å²) in [6, 6.07) is 11.2. The van der Waals surface area contributed by atoms with E-state index in [0.29, 0.717) is 30.3 Å². The van der Waals surface area contributed by atoms with Crippen molar-refractivity contribution in [1.82, 2.24) is 25.0 Å². The van der Waals surface area contributed by atoms with Crippen LogP contribution in [-0.2, 0) is 20.8 Å². The first-order valence-corrected chi connectivity index (χ1v) is 20.8. The lowest BCUT2D eigenvalue weighted by molar-refractivity contribution is -0.136. The number of rotatable bonds is 9. The zero-order valence-electron chi connectivity index (χ0n) is 34.2. The largest absolute Gasteiger partial charge is 0.508 e. The highest BCUT2D eigenvalue weighted by atomic mass is 19.1. The summed E-state index contributed by atoms with van der Waals surface area (Å²) in [4.78, 5) is 84.1. The van der Waals surface area contributed by atoms with Crippen molar-refractivity contribution in [1.29, 1.82) is 0 Å². The van der Waals surface area contributed by atoms with Crippen LogP contribution in [0.4, 0.5) is 27.3 Å². The van der Waals surface area contributed by atoms with Gasteiger partial charge in [0.1, 0.15) is 23.4 Å². The van der Waals surface area contributed by atoms with Crippen molar-refractivity contribution in [2.75, 3.05) is 80.7 Å². The number of carbonyl (C=O) groups excluding carboxylic acids is 5. The van der Waals surface area contributed by atoms with Gasteiger partial charge >= 0.3 is 0 Å². The molecule has 5 aliphatic rings.